The Morgan fingerprint density at radius 1 is 0.979 bits per heavy atom. The average Bonchev–Trinajstić information content (AvgIpc) is 2.91. The molecule has 2 aliphatic carbocycles. The topological polar surface area (TPSA) is 122 Å². The molecule has 2 N–H and O–H groups in total. The molecule has 0 saturated heterocycles. The first-order valence-electron chi connectivity index (χ1n) is 16.6. The third-order valence-electron chi connectivity index (χ3n) is 10.4. The molecule has 1 amide bonds. The van der Waals surface area contributed by atoms with E-state index in [9.17, 15) is 18.3 Å². The van der Waals surface area contributed by atoms with Gasteiger partial charge in [-0.15, -0.1) is 0 Å². The second kappa shape index (κ2) is 11.6. The van der Waals surface area contributed by atoms with Gasteiger partial charge in [0.1, 0.15) is 6.61 Å². The summed E-state index contributed by atoms with van der Waals surface area (Å²) in [5, 5.41) is 10.6. The van der Waals surface area contributed by atoms with Crippen LogP contribution < -0.4 is 9.46 Å². The van der Waals surface area contributed by atoms with Gasteiger partial charge in [0.15, 0.2) is 0 Å². The first-order chi connectivity index (χ1) is 21.9. The lowest BCUT2D eigenvalue weighted by molar-refractivity contribution is -0.147. The molecular formula is C37H48N4O5S. The van der Waals surface area contributed by atoms with Crippen LogP contribution in [0.2, 0.25) is 0 Å². The van der Waals surface area contributed by atoms with Crippen LogP contribution in [0, 0.1) is 37.5 Å². The molecule has 2 fully saturated rings. The number of amides is 1. The minimum Gasteiger partial charge on any atom is -0.475 e. The van der Waals surface area contributed by atoms with Crippen LogP contribution in [0.1, 0.15) is 93.8 Å². The van der Waals surface area contributed by atoms with E-state index in [1.807, 2.05) is 57.7 Å². The van der Waals surface area contributed by atoms with Crippen molar-refractivity contribution in [3.8, 4) is 17.1 Å². The molecule has 2 aromatic carbocycles. The number of aliphatic hydroxyl groups is 1. The van der Waals surface area contributed by atoms with Crippen LogP contribution in [0.3, 0.4) is 0 Å². The number of hydrogen-bond acceptors (Lipinski definition) is 7. The highest BCUT2D eigenvalue weighted by Gasteiger charge is 2.58. The Hall–Kier alpha value is -3.50. The molecule has 47 heavy (non-hydrogen) atoms. The number of benzene rings is 2. The SMILES string of the molecule is Cc1cccc(C)c1-c1nc2nc(c1C)OC[C@@H](CC(C)(C)C)N([C@H]1CC3(C1)C[C@H](C(C)(C)O)C3)C(=O)c1cccc(c1)S(=O)(=O)N2. The Morgan fingerprint density at radius 3 is 2.23 bits per heavy atom. The minimum atomic E-state index is -4.14. The Morgan fingerprint density at radius 2 is 1.62 bits per heavy atom. The zero-order chi connectivity index (χ0) is 34.1. The van der Waals surface area contributed by atoms with E-state index in [0.717, 1.165) is 42.4 Å². The molecule has 2 saturated carbocycles. The molecule has 1 atom stereocenters. The quantitative estimate of drug-likeness (QED) is 0.314. The van der Waals surface area contributed by atoms with Gasteiger partial charge < -0.3 is 14.7 Å². The van der Waals surface area contributed by atoms with E-state index in [4.69, 9.17) is 9.72 Å². The van der Waals surface area contributed by atoms with Crippen molar-refractivity contribution in [2.75, 3.05) is 11.3 Å². The first kappa shape index (κ1) is 33.4. The summed E-state index contributed by atoms with van der Waals surface area (Å²) in [6, 6.07) is 11.9. The van der Waals surface area contributed by atoms with Crippen LogP contribution in [-0.2, 0) is 10.0 Å². The third-order valence-corrected chi connectivity index (χ3v) is 11.7. The number of aryl methyl sites for hydroxylation is 2. The molecule has 0 unspecified atom stereocenters. The summed E-state index contributed by atoms with van der Waals surface area (Å²) in [4.78, 5) is 25.8. The molecule has 4 bridgehead atoms. The van der Waals surface area contributed by atoms with E-state index in [-0.39, 0.29) is 58.1 Å². The Balaban J connectivity index is 1.45. The summed E-state index contributed by atoms with van der Waals surface area (Å²) in [7, 11) is -4.14. The van der Waals surface area contributed by atoms with Crippen LogP contribution in [0.4, 0.5) is 5.95 Å². The van der Waals surface area contributed by atoms with E-state index < -0.39 is 15.6 Å². The van der Waals surface area contributed by atoms with Crippen molar-refractivity contribution in [1.29, 1.82) is 0 Å². The van der Waals surface area contributed by atoms with Crippen LogP contribution in [0.15, 0.2) is 47.4 Å². The van der Waals surface area contributed by atoms with Crippen LogP contribution in [-0.4, -0.2) is 58.6 Å². The van der Waals surface area contributed by atoms with Crippen LogP contribution in [0.25, 0.3) is 11.3 Å². The van der Waals surface area contributed by atoms with Gasteiger partial charge in [0, 0.05) is 22.7 Å². The standard InChI is InChI=1S/C37H48N4O5S/c1-22-11-9-12-23(2)30(22)31-24(3)32-39-34(38-31)40-47(44,45)29-14-10-13-25(15-29)33(42)41(28(21-46-32)18-35(4,5)6)27-19-37(20-27)16-26(17-37)36(7,8)43/h9-15,26-28,43H,16-21H2,1-8H3,(H,38,39,40)/t26-,27-,28-,37?/m1/s1. The van der Waals surface area contributed by atoms with Gasteiger partial charge in [0.2, 0.25) is 11.8 Å². The van der Waals surface area contributed by atoms with Crippen molar-refractivity contribution < 1.29 is 23.1 Å². The number of carbonyl (C=O) groups excluding carboxylic acids is 1. The van der Waals surface area contributed by atoms with Gasteiger partial charge in [-0.1, -0.05) is 45.0 Å². The van der Waals surface area contributed by atoms with Crippen LogP contribution >= 0.6 is 0 Å². The highest BCUT2D eigenvalue weighted by Crippen LogP contribution is 2.62. The highest BCUT2D eigenvalue weighted by molar-refractivity contribution is 7.92. The van der Waals surface area contributed by atoms with Crippen molar-refractivity contribution in [2.45, 2.75) is 110 Å². The number of carbonyl (C=O) groups is 1. The van der Waals surface area contributed by atoms with Crippen molar-refractivity contribution >= 4 is 21.9 Å². The van der Waals surface area contributed by atoms with Crippen LogP contribution in [0.5, 0.6) is 5.88 Å². The molecule has 252 valence electrons. The molecule has 1 spiro atoms. The fourth-order valence-corrected chi connectivity index (χ4v) is 8.93. The fraction of sp³-hybridized carbons (Fsp3) is 0.541. The zero-order valence-corrected chi connectivity index (χ0v) is 29.7. The summed E-state index contributed by atoms with van der Waals surface area (Å²) in [5.74, 6) is 0.238. The summed E-state index contributed by atoms with van der Waals surface area (Å²) < 4.78 is 36.6. The third kappa shape index (κ3) is 6.51. The number of nitrogens with zero attached hydrogens (tertiary/aromatic N) is 3. The van der Waals surface area contributed by atoms with E-state index in [1.165, 1.54) is 12.1 Å². The molecule has 9 nitrogen and oxygen atoms in total. The molecule has 1 aliphatic heterocycles. The van der Waals surface area contributed by atoms with Gasteiger partial charge in [-0.3, -0.25) is 4.79 Å². The lowest BCUT2D eigenvalue weighted by Gasteiger charge is -2.62. The number of aromatic nitrogens is 2. The lowest BCUT2D eigenvalue weighted by atomic mass is 9.47. The van der Waals surface area contributed by atoms with Crippen molar-refractivity contribution in [1.82, 2.24) is 14.9 Å². The van der Waals surface area contributed by atoms with E-state index in [2.05, 4.69) is 30.5 Å². The predicted molar refractivity (Wildman–Crippen MR) is 183 cm³/mol. The van der Waals surface area contributed by atoms with Gasteiger partial charge in [-0.25, -0.2) is 18.1 Å². The van der Waals surface area contributed by atoms with Gasteiger partial charge in [0.25, 0.3) is 15.9 Å². The molecule has 0 radical (unpaired) electrons. The lowest BCUT2D eigenvalue weighted by Crippen LogP contribution is -2.63. The second-order valence-electron chi connectivity index (χ2n) is 16.0. The first-order valence-corrected chi connectivity index (χ1v) is 18.1. The number of rotatable bonds is 4. The maximum atomic E-state index is 14.5. The van der Waals surface area contributed by atoms with Crippen molar-refractivity contribution in [3.63, 3.8) is 0 Å². The molecule has 3 aromatic rings. The number of fused-ring (bicyclic) bond motifs is 4. The monoisotopic (exact) mass is 660 g/mol. The summed E-state index contributed by atoms with van der Waals surface area (Å²) in [6.45, 7) is 16.3. The van der Waals surface area contributed by atoms with Gasteiger partial charge in [0.05, 0.1) is 22.2 Å². The Bertz CT molecular complexity index is 1790. The normalized spacial score (nSPS) is 25.8. The molecule has 10 heteroatoms. The zero-order valence-electron chi connectivity index (χ0n) is 28.8. The van der Waals surface area contributed by atoms with Crippen molar-refractivity contribution in [3.05, 3.63) is 64.7 Å². The summed E-state index contributed by atoms with van der Waals surface area (Å²) in [6.07, 6.45) is 4.25. The predicted octanol–water partition coefficient (Wildman–Crippen LogP) is 6.84. The maximum Gasteiger partial charge on any atom is 0.264 e. The second-order valence-corrected chi connectivity index (χ2v) is 17.7. The van der Waals surface area contributed by atoms with Gasteiger partial charge in [-0.2, -0.15) is 4.98 Å². The Labute approximate surface area is 279 Å². The number of anilines is 1. The fourth-order valence-electron chi connectivity index (χ4n) is 7.94. The summed E-state index contributed by atoms with van der Waals surface area (Å²) in [5.41, 5.74) is 3.78. The number of sulfonamides is 1. The molecule has 2 heterocycles. The van der Waals surface area contributed by atoms with Crippen molar-refractivity contribution in [2.24, 2.45) is 16.7 Å². The van der Waals surface area contributed by atoms with E-state index in [1.54, 1.807) is 12.1 Å². The highest BCUT2D eigenvalue weighted by atomic mass is 32.2. The van der Waals surface area contributed by atoms with Gasteiger partial charge >= 0.3 is 0 Å². The van der Waals surface area contributed by atoms with Gasteiger partial charge in [-0.05, 0) is 113 Å². The molecule has 1 aromatic heterocycles. The van der Waals surface area contributed by atoms with E-state index >= 15 is 0 Å². The minimum absolute atomic E-state index is 0.0306. The van der Waals surface area contributed by atoms with E-state index in [0.29, 0.717) is 23.2 Å². The molecule has 3 aliphatic rings. The Kier molecular flexibility index (Phi) is 8.23. The largest absolute Gasteiger partial charge is 0.475 e. The average molecular weight is 661 g/mol. The molecular weight excluding hydrogens is 612 g/mol. The number of hydrogen-bond donors (Lipinski definition) is 2. The summed E-state index contributed by atoms with van der Waals surface area (Å²) >= 11 is 0. The molecule has 6 rings (SSSR count). The maximum absolute atomic E-state index is 14.5. The number of nitrogens with one attached hydrogen (secondary N) is 1. The number of ether oxygens (including phenoxy) is 1. The smallest absolute Gasteiger partial charge is 0.264 e.